The topological polar surface area (TPSA) is 59.1 Å². The first-order valence-corrected chi connectivity index (χ1v) is 7.02. The zero-order chi connectivity index (χ0) is 11.5. The fourth-order valence-electron chi connectivity index (χ4n) is 1.11. The molecule has 1 rings (SSSR count). The number of rotatable bonds is 4. The van der Waals surface area contributed by atoms with Gasteiger partial charge in [0.1, 0.15) is 4.60 Å². The number of aromatic nitrogens is 1. The third kappa shape index (κ3) is 3.79. The quantitative estimate of drug-likeness (QED) is 0.867. The molecule has 15 heavy (non-hydrogen) atoms. The molecule has 0 amide bonds. The first-order valence-electron chi connectivity index (χ1n) is 4.57. The van der Waals surface area contributed by atoms with Crippen LogP contribution in [-0.2, 0) is 10.0 Å². The molecule has 4 nitrogen and oxygen atoms in total. The van der Waals surface area contributed by atoms with E-state index >= 15 is 0 Å². The number of pyridine rings is 1. The number of halogens is 1. The van der Waals surface area contributed by atoms with E-state index in [9.17, 15) is 8.42 Å². The van der Waals surface area contributed by atoms with E-state index in [2.05, 4.69) is 25.6 Å². The second-order valence-electron chi connectivity index (χ2n) is 3.25. The standard InChI is InChI=1S/C9H13BrN2O2S/c1-3-4-15(13,14)12-8-5-7(2)9(10)11-6-8/h5-6,12H,3-4H2,1-2H3. The molecule has 0 spiro atoms. The number of anilines is 1. The molecule has 0 aromatic carbocycles. The molecule has 0 saturated heterocycles. The molecule has 0 radical (unpaired) electrons. The predicted molar refractivity (Wildman–Crippen MR) is 64.4 cm³/mol. The van der Waals surface area contributed by atoms with Gasteiger partial charge in [0, 0.05) is 0 Å². The zero-order valence-corrected chi connectivity index (χ0v) is 11.0. The van der Waals surface area contributed by atoms with Crippen molar-refractivity contribution in [1.29, 1.82) is 0 Å². The van der Waals surface area contributed by atoms with Crippen LogP contribution in [0.3, 0.4) is 0 Å². The average Bonchev–Trinajstić information content (AvgIpc) is 2.10. The Morgan fingerprint density at radius 1 is 1.53 bits per heavy atom. The summed E-state index contributed by atoms with van der Waals surface area (Å²) in [6.07, 6.45) is 2.09. The van der Waals surface area contributed by atoms with E-state index in [0.717, 1.165) is 10.2 Å². The fourth-order valence-corrected chi connectivity index (χ4v) is 2.44. The van der Waals surface area contributed by atoms with E-state index in [1.54, 1.807) is 6.07 Å². The second-order valence-corrected chi connectivity index (χ2v) is 5.85. The number of hydrogen-bond donors (Lipinski definition) is 1. The number of nitrogens with zero attached hydrogens (tertiary/aromatic N) is 1. The average molecular weight is 293 g/mol. The van der Waals surface area contributed by atoms with Gasteiger partial charge in [0.15, 0.2) is 0 Å². The van der Waals surface area contributed by atoms with E-state index in [1.165, 1.54) is 6.20 Å². The van der Waals surface area contributed by atoms with Gasteiger partial charge in [-0.25, -0.2) is 13.4 Å². The summed E-state index contributed by atoms with van der Waals surface area (Å²) in [6.45, 7) is 3.68. The van der Waals surface area contributed by atoms with Crippen LogP contribution in [0.5, 0.6) is 0 Å². The Hall–Kier alpha value is -0.620. The first-order chi connectivity index (χ1) is 6.94. The minimum atomic E-state index is -3.22. The molecule has 0 bridgehead atoms. The largest absolute Gasteiger partial charge is 0.282 e. The van der Waals surface area contributed by atoms with Gasteiger partial charge in [0.25, 0.3) is 0 Å². The van der Waals surface area contributed by atoms with Gasteiger partial charge in [0.05, 0.1) is 17.6 Å². The monoisotopic (exact) mass is 292 g/mol. The Morgan fingerprint density at radius 3 is 2.73 bits per heavy atom. The van der Waals surface area contributed by atoms with Crippen molar-refractivity contribution in [3.63, 3.8) is 0 Å². The molecule has 0 unspecified atom stereocenters. The van der Waals surface area contributed by atoms with Gasteiger partial charge in [-0.3, -0.25) is 4.72 Å². The minimum absolute atomic E-state index is 0.127. The molecule has 84 valence electrons. The van der Waals surface area contributed by atoms with E-state index in [1.807, 2.05) is 13.8 Å². The van der Waals surface area contributed by atoms with Crippen LogP contribution < -0.4 is 4.72 Å². The minimum Gasteiger partial charge on any atom is -0.282 e. The van der Waals surface area contributed by atoms with Gasteiger partial charge < -0.3 is 0 Å². The molecule has 0 aliphatic heterocycles. The summed E-state index contributed by atoms with van der Waals surface area (Å²) in [7, 11) is -3.22. The van der Waals surface area contributed by atoms with Gasteiger partial charge in [-0.15, -0.1) is 0 Å². The molecule has 6 heteroatoms. The number of aryl methyl sites for hydroxylation is 1. The lowest BCUT2D eigenvalue weighted by atomic mass is 10.3. The van der Waals surface area contributed by atoms with Crippen molar-refractivity contribution in [2.75, 3.05) is 10.5 Å². The molecule has 0 aliphatic carbocycles. The highest BCUT2D eigenvalue weighted by Gasteiger charge is 2.09. The van der Waals surface area contributed by atoms with Gasteiger partial charge in [-0.05, 0) is 40.9 Å². The predicted octanol–water partition coefficient (Wildman–Crippen LogP) is 2.30. The second kappa shape index (κ2) is 4.94. The Balaban J connectivity index is 2.86. The molecule has 0 saturated carbocycles. The van der Waals surface area contributed by atoms with Gasteiger partial charge >= 0.3 is 0 Å². The van der Waals surface area contributed by atoms with Crippen LogP contribution in [0.25, 0.3) is 0 Å². The summed E-state index contributed by atoms with van der Waals surface area (Å²) in [5, 5.41) is 0. The molecule has 0 fully saturated rings. The maximum absolute atomic E-state index is 11.4. The maximum Gasteiger partial charge on any atom is 0.232 e. The van der Waals surface area contributed by atoms with Crippen molar-refractivity contribution in [2.24, 2.45) is 0 Å². The molecule has 1 aromatic rings. The van der Waals surface area contributed by atoms with Crippen molar-refractivity contribution >= 4 is 31.6 Å². The summed E-state index contributed by atoms with van der Waals surface area (Å²) >= 11 is 3.25. The Bertz CT molecular complexity index is 445. The van der Waals surface area contributed by atoms with Crippen LogP contribution >= 0.6 is 15.9 Å². The van der Waals surface area contributed by atoms with E-state index in [4.69, 9.17) is 0 Å². The van der Waals surface area contributed by atoms with Gasteiger partial charge in [0.2, 0.25) is 10.0 Å². The van der Waals surface area contributed by atoms with E-state index in [-0.39, 0.29) is 5.75 Å². The summed E-state index contributed by atoms with van der Waals surface area (Å²) in [4.78, 5) is 4.01. The normalized spacial score (nSPS) is 11.4. The summed E-state index contributed by atoms with van der Waals surface area (Å²) in [6, 6.07) is 1.74. The van der Waals surface area contributed by atoms with Crippen LogP contribution in [0.2, 0.25) is 0 Å². The van der Waals surface area contributed by atoms with Crippen molar-refractivity contribution in [3.05, 3.63) is 22.4 Å². The van der Waals surface area contributed by atoms with Gasteiger partial charge in [-0.1, -0.05) is 6.92 Å². The van der Waals surface area contributed by atoms with Crippen LogP contribution in [0, 0.1) is 6.92 Å². The molecule has 1 N–H and O–H groups in total. The number of sulfonamides is 1. The van der Waals surface area contributed by atoms with Crippen molar-refractivity contribution < 1.29 is 8.42 Å². The third-order valence-electron chi connectivity index (χ3n) is 1.76. The number of nitrogens with one attached hydrogen (secondary N) is 1. The van der Waals surface area contributed by atoms with E-state index in [0.29, 0.717) is 12.1 Å². The van der Waals surface area contributed by atoms with Crippen LogP contribution in [0.15, 0.2) is 16.9 Å². The molecule has 1 heterocycles. The van der Waals surface area contributed by atoms with Crippen molar-refractivity contribution in [2.45, 2.75) is 20.3 Å². The lowest BCUT2D eigenvalue weighted by molar-refractivity contribution is 0.600. The molecular formula is C9H13BrN2O2S. The summed E-state index contributed by atoms with van der Waals surface area (Å²) in [5.74, 6) is 0.127. The lowest BCUT2D eigenvalue weighted by Crippen LogP contribution is -2.16. The van der Waals surface area contributed by atoms with E-state index < -0.39 is 10.0 Å². The highest BCUT2D eigenvalue weighted by molar-refractivity contribution is 9.10. The molecule has 0 aliphatic rings. The summed E-state index contributed by atoms with van der Waals surface area (Å²) in [5.41, 5.74) is 1.40. The highest BCUT2D eigenvalue weighted by atomic mass is 79.9. The Kier molecular flexibility index (Phi) is 4.10. The summed E-state index contributed by atoms with van der Waals surface area (Å²) < 4.78 is 26.1. The Labute approximate surface area is 98.3 Å². The Morgan fingerprint density at radius 2 is 2.20 bits per heavy atom. The van der Waals surface area contributed by atoms with Crippen LogP contribution in [0.1, 0.15) is 18.9 Å². The highest BCUT2D eigenvalue weighted by Crippen LogP contribution is 2.17. The maximum atomic E-state index is 11.4. The molecule has 1 aromatic heterocycles. The lowest BCUT2D eigenvalue weighted by Gasteiger charge is -2.07. The zero-order valence-electron chi connectivity index (χ0n) is 8.62. The molecular weight excluding hydrogens is 280 g/mol. The number of hydrogen-bond acceptors (Lipinski definition) is 3. The van der Waals surface area contributed by atoms with Crippen LogP contribution in [0.4, 0.5) is 5.69 Å². The van der Waals surface area contributed by atoms with Crippen molar-refractivity contribution in [3.8, 4) is 0 Å². The van der Waals surface area contributed by atoms with Gasteiger partial charge in [-0.2, -0.15) is 0 Å². The molecule has 0 atom stereocenters. The van der Waals surface area contributed by atoms with Crippen molar-refractivity contribution in [1.82, 2.24) is 4.98 Å². The first kappa shape index (κ1) is 12.4. The third-order valence-corrected chi connectivity index (χ3v) is 4.08. The smallest absolute Gasteiger partial charge is 0.232 e. The fraction of sp³-hybridized carbons (Fsp3) is 0.444. The van der Waals surface area contributed by atoms with Crippen LogP contribution in [-0.4, -0.2) is 19.2 Å². The SMILES string of the molecule is CCCS(=O)(=O)Nc1cnc(Br)c(C)c1.